The Labute approximate surface area is 135 Å². The molecule has 1 amide bonds. The third-order valence-corrected chi connectivity index (χ3v) is 3.95. The Bertz CT molecular complexity index is 640. The van der Waals surface area contributed by atoms with Crippen molar-refractivity contribution in [3.63, 3.8) is 0 Å². The number of H-pyrrole nitrogens is 1. The van der Waals surface area contributed by atoms with Crippen molar-refractivity contribution in [1.82, 2.24) is 14.9 Å². The molecule has 6 heteroatoms. The monoisotopic (exact) mass is 315 g/mol. The fraction of sp³-hybridized carbons (Fsp3) is 0.412. The third kappa shape index (κ3) is 3.71. The molecule has 2 unspecified atom stereocenters. The SMILES string of the molecule is COc1ccc(CN2CC(C)OC(Cc3cnc[nH]3)C2=O)cc1. The smallest absolute Gasteiger partial charge is 0.252 e. The van der Waals surface area contributed by atoms with Crippen LogP contribution in [0.5, 0.6) is 5.75 Å². The highest BCUT2D eigenvalue weighted by molar-refractivity contribution is 5.82. The van der Waals surface area contributed by atoms with Gasteiger partial charge in [-0.15, -0.1) is 0 Å². The Morgan fingerprint density at radius 1 is 1.39 bits per heavy atom. The Morgan fingerprint density at radius 2 is 2.17 bits per heavy atom. The first-order valence-corrected chi connectivity index (χ1v) is 7.70. The summed E-state index contributed by atoms with van der Waals surface area (Å²) in [6.07, 6.45) is 3.41. The summed E-state index contributed by atoms with van der Waals surface area (Å²) in [6, 6.07) is 7.78. The van der Waals surface area contributed by atoms with Crippen molar-refractivity contribution >= 4 is 5.91 Å². The maximum Gasteiger partial charge on any atom is 0.252 e. The molecule has 23 heavy (non-hydrogen) atoms. The van der Waals surface area contributed by atoms with Gasteiger partial charge in [0.15, 0.2) is 0 Å². The number of amides is 1. The average molecular weight is 315 g/mol. The van der Waals surface area contributed by atoms with Crippen LogP contribution in [0.1, 0.15) is 18.2 Å². The first-order valence-electron chi connectivity index (χ1n) is 7.70. The molecular weight excluding hydrogens is 294 g/mol. The number of hydrogen-bond donors (Lipinski definition) is 1. The molecule has 2 heterocycles. The molecule has 2 atom stereocenters. The van der Waals surface area contributed by atoms with Crippen LogP contribution < -0.4 is 4.74 Å². The quantitative estimate of drug-likeness (QED) is 0.913. The second-order valence-corrected chi connectivity index (χ2v) is 5.78. The zero-order valence-electron chi connectivity index (χ0n) is 13.4. The van der Waals surface area contributed by atoms with Crippen molar-refractivity contribution in [2.75, 3.05) is 13.7 Å². The van der Waals surface area contributed by atoms with Gasteiger partial charge in [0.25, 0.3) is 5.91 Å². The number of aromatic nitrogens is 2. The van der Waals surface area contributed by atoms with Crippen molar-refractivity contribution in [3.8, 4) is 5.75 Å². The van der Waals surface area contributed by atoms with Crippen LogP contribution >= 0.6 is 0 Å². The lowest BCUT2D eigenvalue weighted by molar-refractivity contribution is -0.161. The molecule has 122 valence electrons. The standard InChI is InChI=1S/C17H21N3O3/c1-12-9-20(10-13-3-5-15(22-2)6-4-13)17(21)16(23-12)7-14-8-18-11-19-14/h3-6,8,11-12,16H,7,9-10H2,1-2H3,(H,18,19). The Kier molecular flexibility index (Phi) is 4.62. The number of aromatic amines is 1. The molecule has 2 aromatic rings. The van der Waals surface area contributed by atoms with Gasteiger partial charge in [-0.2, -0.15) is 0 Å². The Balaban J connectivity index is 1.68. The minimum absolute atomic E-state index is 0.0128. The zero-order valence-corrected chi connectivity index (χ0v) is 13.4. The lowest BCUT2D eigenvalue weighted by atomic mass is 10.1. The Hall–Kier alpha value is -2.34. The van der Waals surface area contributed by atoms with E-state index in [4.69, 9.17) is 9.47 Å². The number of hydrogen-bond acceptors (Lipinski definition) is 4. The van der Waals surface area contributed by atoms with E-state index in [2.05, 4.69) is 9.97 Å². The van der Waals surface area contributed by atoms with Gasteiger partial charge in [0, 0.05) is 31.4 Å². The van der Waals surface area contributed by atoms with Crippen LogP contribution in [0.3, 0.4) is 0 Å². The summed E-state index contributed by atoms with van der Waals surface area (Å²) in [6.45, 7) is 3.17. The molecule has 0 radical (unpaired) electrons. The third-order valence-electron chi connectivity index (χ3n) is 3.95. The summed E-state index contributed by atoms with van der Waals surface area (Å²) in [7, 11) is 1.64. The number of carbonyl (C=O) groups is 1. The molecule has 1 fully saturated rings. The highest BCUT2D eigenvalue weighted by Gasteiger charge is 2.33. The molecule has 1 aromatic carbocycles. The van der Waals surface area contributed by atoms with E-state index in [0.29, 0.717) is 19.5 Å². The van der Waals surface area contributed by atoms with Crippen LogP contribution in [0.25, 0.3) is 0 Å². The first kappa shape index (κ1) is 15.6. The topological polar surface area (TPSA) is 67.5 Å². The van der Waals surface area contributed by atoms with E-state index in [-0.39, 0.29) is 12.0 Å². The summed E-state index contributed by atoms with van der Waals surface area (Å²) in [4.78, 5) is 21.5. The molecule has 0 bridgehead atoms. The number of imidazole rings is 1. The molecule has 1 saturated heterocycles. The van der Waals surface area contributed by atoms with Gasteiger partial charge in [-0.1, -0.05) is 12.1 Å². The van der Waals surface area contributed by atoms with Crippen molar-refractivity contribution in [2.24, 2.45) is 0 Å². The minimum Gasteiger partial charge on any atom is -0.497 e. The van der Waals surface area contributed by atoms with Gasteiger partial charge in [0.2, 0.25) is 0 Å². The largest absolute Gasteiger partial charge is 0.497 e. The van der Waals surface area contributed by atoms with Gasteiger partial charge in [0.1, 0.15) is 11.9 Å². The molecule has 1 N–H and O–H groups in total. The van der Waals surface area contributed by atoms with E-state index in [1.165, 1.54) is 0 Å². The number of ether oxygens (including phenoxy) is 2. The van der Waals surface area contributed by atoms with E-state index in [1.807, 2.05) is 36.1 Å². The van der Waals surface area contributed by atoms with E-state index < -0.39 is 6.10 Å². The van der Waals surface area contributed by atoms with E-state index in [9.17, 15) is 4.79 Å². The van der Waals surface area contributed by atoms with Crippen molar-refractivity contribution in [2.45, 2.75) is 32.1 Å². The maximum absolute atomic E-state index is 12.7. The maximum atomic E-state index is 12.7. The van der Waals surface area contributed by atoms with Gasteiger partial charge in [0.05, 0.1) is 19.5 Å². The molecule has 6 nitrogen and oxygen atoms in total. The molecule has 1 aromatic heterocycles. The van der Waals surface area contributed by atoms with Crippen molar-refractivity contribution < 1.29 is 14.3 Å². The predicted octanol–water partition coefficient (Wildman–Crippen LogP) is 1.78. The number of nitrogens with one attached hydrogen (secondary N) is 1. The number of carbonyl (C=O) groups excluding carboxylic acids is 1. The number of nitrogens with zero attached hydrogens (tertiary/aromatic N) is 2. The van der Waals surface area contributed by atoms with E-state index in [1.54, 1.807) is 19.6 Å². The highest BCUT2D eigenvalue weighted by Crippen LogP contribution is 2.19. The predicted molar refractivity (Wildman–Crippen MR) is 85.0 cm³/mol. The molecule has 0 saturated carbocycles. The van der Waals surface area contributed by atoms with Gasteiger partial charge >= 0.3 is 0 Å². The molecule has 0 spiro atoms. The zero-order chi connectivity index (χ0) is 16.2. The highest BCUT2D eigenvalue weighted by atomic mass is 16.5. The number of morpholine rings is 1. The lowest BCUT2D eigenvalue weighted by Crippen LogP contribution is -2.51. The second-order valence-electron chi connectivity index (χ2n) is 5.78. The number of benzene rings is 1. The van der Waals surface area contributed by atoms with Crippen LogP contribution in [-0.2, 0) is 22.5 Å². The van der Waals surface area contributed by atoms with Crippen LogP contribution in [0, 0.1) is 0 Å². The van der Waals surface area contributed by atoms with Gasteiger partial charge in [-0.25, -0.2) is 4.98 Å². The Morgan fingerprint density at radius 3 is 2.83 bits per heavy atom. The van der Waals surface area contributed by atoms with Gasteiger partial charge in [-0.3, -0.25) is 4.79 Å². The average Bonchev–Trinajstić information content (AvgIpc) is 3.05. The first-order chi connectivity index (χ1) is 11.2. The van der Waals surface area contributed by atoms with Crippen molar-refractivity contribution in [3.05, 3.63) is 48.0 Å². The summed E-state index contributed by atoms with van der Waals surface area (Å²) in [5.41, 5.74) is 1.98. The van der Waals surface area contributed by atoms with Crippen LogP contribution in [0.4, 0.5) is 0 Å². The van der Waals surface area contributed by atoms with Gasteiger partial charge in [-0.05, 0) is 24.6 Å². The van der Waals surface area contributed by atoms with Crippen LogP contribution in [0.2, 0.25) is 0 Å². The molecule has 1 aliphatic heterocycles. The number of methoxy groups -OCH3 is 1. The molecule has 3 rings (SSSR count). The normalized spacial score (nSPS) is 21.5. The van der Waals surface area contributed by atoms with Gasteiger partial charge < -0.3 is 19.4 Å². The van der Waals surface area contributed by atoms with E-state index >= 15 is 0 Å². The summed E-state index contributed by atoms with van der Waals surface area (Å²) in [5.74, 6) is 0.834. The van der Waals surface area contributed by atoms with Crippen LogP contribution in [-0.4, -0.2) is 46.6 Å². The van der Waals surface area contributed by atoms with E-state index in [0.717, 1.165) is 17.0 Å². The molecular formula is C17H21N3O3. The summed E-state index contributed by atoms with van der Waals surface area (Å²) in [5, 5.41) is 0. The fourth-order valence-corrected chi connectivity index (χ4v) is 2.81. The molecule has 1 aliphatic rings. The summed E-state index contributed by atoms with van der Waals surface area (Å²) < 4.78 is 11.0. The number of rotatable bonds is 5. The minimum atomic E-state index is -0.461. The van der Waals surface area contributed by atoms with Crippen molar-refractivity contribution in [1.29, 1.82) is 0 Å². The lowest BCUT2D eigenvalue weighted by Gasteiger charge is -2.36. The summed E-state index contributed by atoms with van der Waals surface area (Å²) >= 11 is 0. The molecule has 0 aliphatic carbocycles. The fourth-order valence-electron chi connectivity index (χ4n) is 2.81. The second kappa shape index (κ2) is 6.83. The van der Waals surface area contributed by atoms with Crippen LogP contribution in [0.15, 0.2) is 36.8 Å².